The molecule has 1 aliphatic rings. The van der Waals surface area contributed by atoms with Gasteiger partial charge in [0.15, 0.2) is 5.75 Å². The van der Waals surface area contributed by atoms with E-state index >= 15 is 0 Å². The molecule has 0 spiro atoms. The molecule has 0 aliphatic heterocycles. The number of hydrazone groups is 1. The van der Waals surface area contributed by atoms with Crippen LogP contribution in [0.2, 0.25) is 0 Å². The smallest absolute Gasteiger partial charge is 0.311 e. The highest BCUT2D eigenvalue weighted by molar-refractivity contribution is 7.10. The van der Waals surface area contributed by atoms with E-state index in [1.807, 2.05) is 5.38 Å². The van der Waals surface area contributed by atoms with Crippen molar-refractivity contribution >= 4 is 29.1 Å². The lowest BCUT2D eigenvalue weighted by molar-refractivity contribution is -0.386. The number of thiophene rings is 1. The fourth-order valence-corrected chi connectivity index (χ4v) is 4.94. The number of nitrogens with zero attached hydrogens (tertiary/aromatic N) is 2. The largest absolute Gasteiger partial charge is 0.496 e. The van der Waals surface area contributed by atoms with Crippen LogP contribution in [0.1, 0.15) is 44.8 Å². The Morgan fingerprint density at radius 1 is 1.24 bits per heavy atom. The lowest BCUT2D eigenvalue weighted by Crippen LogP contribution is -2.19. The number of fused-ring (bicyclic) bond motifs is 1. The predicted molar refractivity (Wildman–Crippen MR) is 126 cm³/mol. The molecule has 0 saturated carbocycles. The van der Waals surface area contributed by atoms with Crippen LogP contribution in [0, 0.1) is 15.9 Å². The number of halogens is 1. The molecule has 8 nitrogen and oxygen atoms in total. The second-order valence-electron chi connectivity index (χ2n) is 7.69. The number of nitro benzene ring substituents is 1. The van der Waals surface area contributed by atoms with Crippen molar-refractivity contribution in [2.75, 3.05) is 7.11 Å². The highest BCUT2D eigenvalue weighted by atomic mass is 32.1. The number of nitro groups is 1. The summed E-state index contributed by atoms with van der Waals surface area (Å²) in [6.07, 6.45) is 5.67. The quantitative estimate of drug-likeness (QED) is 0.275. The van der Waals surface area contributed by atoms with E-state index in [0.29, 0.717) is 22.4 Å². The summed E-state index contributed by atoms with van der Waals surface area (Å²) in [6, 6.07) is 8.17. The summed E-state index contributed by atoms with van der Waals surface area (Å²) in [5, 5.41) is 17.1. The van der Waals surface area contributed by atoms with Gasteiger partial charge in [-0.05, 0) is 61.1 Å². The van der Waals surface area contributed by atoms with Crippen LogP contribution in [-0.2, 0) is 19.4 Å². The third kappa shape index (κ3) is 5.23. The van der Waals surface area contributed by atoms with Gasteiger partial charge in [-0.3, -0.25) is 14.9 Å². The van der Waals surface area contributed by atoms with Crippen LogP contribution in [0.15, 0.2) is 46.9 Å². The van der Waals surface area contributed by atoms with Crippen molar-refractivity contribution in [2.45, 2.75) is 32.3 Å². The normalized spacial score (nSPS) is 12.9. The number of rotatable bonds is 8. The van der Waals surface area contributed by atoms with Crippen LogP contribution in [0.4, 0.5) is 10.1 Å². The maximum absolute atomic E-state index is 13.6. The number of methoxy groups -OCH3 is 1. The molecule has 1 aromatic heterocycles. The summed E-state index contributed by atoms with van der Waals surface area (Å²) in [6.45, 7) is -0.0947. The van der Waals surface area contributed by atoms with E-state index < -0.39 is 10.7 Å². The summed E-state index contributed by atoms with van der Waals surface area (Å²) in [5.41, 5.74) is 5.27. The molecular formula is C24H22FN3O5S. The zero-order valence-electron chi connectivity index (χ0n) is 18.4. The highest BCUT2D eigenvalue weighted by Crippen LogP contribution is 2.31. The second-order valence-corrected chi connectivity index (χ2v) is 8.65. The van der Waals surface area contributed by atoms with E-state index in [1.54, 1.807) is 29.5 Å². The lowest BCUT2D eigenvalue weighted by atomic mass is 9.96. The third-order valence-corrected chi connectivity index (χ3v) is 6.58. The van der Waals surface area contributed by atoms with Gasteiger partial charge in [-0.2, -0.15) is 5.10 Å². The van der Waals surface area contributed by atoms with Crippen molar-refractivity contribution in [3.63, 3.8) is 0 Å². The first kappa shape index (κ1) is 23.4. The van der Waals surface area contributed by atoms with E-state index in [-0.39, 0.29) is 24.0 Å². The van der Waals surface area contributed by atoms with E-state index in [1.165, 1.54) is 18.2 Å². The first-order chi connectivity index (χ1) is 16.5. The summed E-state index contributed by atoms with van der Waals surface area (Å²) in [7, 11) is 1.49. The van der Waals surface area contributed by atoms with Gasteiger partial charge in [0.2, 0.25) is 0 Å². The Labute approximate surface area is 199 Å². The van der Waals surface area contributed by atoms with E-state index in [2.05, 4.69) is 10.5 Å². The highest BCUT2D eigenvalue weighted by Gasteiger charge is 2.20. The molecule has 1 heterocycles. The number of amides is 1. The molecule has 0 bridgehead atoms. The van der Waals surface area contributed by atoms with Crippen LogP contribution >= 0.6 is 11.3 Å². The standard InChI is InChI=1S/C24H22FN3O5S/c1-32-21-9-6-15(10-16(21)13-33-22-11-17(25)7-8-20(22)28(30)31)12-26-27-24(29)19-14-34-23-5-3-2-4-18(19)23/h6-12,14H,2-5,13H2,1H3,(H,27,29). The van der Waals surface area contributed by atoms with Crippen LogP contribution < -0.4 is 14.9 Å². The van der Waals surface area contributed by atoms with Gasteiger partial charge in [0.25, 0.3) is 5.91 Å². The van der Waals surface area contributed by atoms with Crippen molar-refractivity contribution in [1.82, 2.24) is 5.43 Å². The molecule has 176 valence electrons. The Morgan fingerprint density at radius 2 is 2.06 bits per heavy atom. The minimum Gasteiger partial charge on any atom is -0.496 e. The van der Waals surface area contributed by atoms with Crippen molar-refractivity contribution < 1.29 is 23.6 Å². The van der Waals surface area contributed by atoms with Gasteiger partial charge in [-0.25, -0.2) is 9.82 Å². The molecule has 0 atom stereocenters. The topological polar surface area (TPSA) is 103 Å². The summed E-state index contributed by atoms with van der Waals surface area (Å²) in [4.78, 5) is 24.4. The molecule has 3 aromatic rings. The number of benzene rings is 2. The summed E-state index contributed by atoms with van der Waals surface area (Å²) < 4.78 is 24.4. The van der Waals surface area contributed by atoms with E-state index in [4.69, 9.17) is 9.47 Å². The molecule has 0 unspecified atom stereocenters. The summed E-state index contributed by atoms with van der Waals surface area (Å²) >= 11 is 1.62. The maximum Gasteiger partial charge on any atom is 0.311 e. The molecule has 1 aliphatic carbocycles. The number of carbonyl (C=O) groups excluding carboxylic acids is 1. The van der Waals surface area contributed by atoms with Crippen LogP contribution in [0.5, 0.6) is 11.5 Å². The molecule has 0 saturated heterocycles. The molecule has 1 N–H and O–H groups in total. The molecule has 0 radical (unpaired) electrons. The van der Waals surface area contributed by atoms with Crippen LogP contribution in [0.25, 0.3) is 0 Å². The number of ether oxygens (including phenoxy) is 2. The van der Waals surface area contributed by atoms with Gasteiger partial charge in [0.1, 0.15) is 18.2 Å². The fourth-order valence-electron chi connectivity index (χ4n) is 3.81. The average Bonchev–Trinajstić information content (AvgIpc) is 3.27. The number of nitrogens with one attached hydrogen (secondary N) is 1. The first-order valence-electron chi connectivity index (χ1n) is 10.6. The van der Waals surface area contributed by atoms with Gasteiger partial charge < -0.3 is 9.47 Å². The van der Waals surface area contributed by atoms with Gasteiger partial charge in [-0.1, -0.05) is 0 Å². The maximum atomic E-state index is 13.6. The Morgan fingerprint density at radius 3 is 2.85 bits per heavy atom. The minimum atomic E-state index is -0.643. The van der Waals surface area contributed by atoms with Crippen molar-refractivity contribution in [2.24, 2.45) is 5.10 Å². The van der Waals surface area contributed by atoms with E-state index in [0.717, 1.165) is 49.4 Å². The molecule has 34 heavy (non-hydrogen) atoms. The van der Waals surface area contributed by atoms with Crippen LogP contribution in [-0.4, -0.2) is 24.2 Å². The number of carbonyl (C=O) groups is 1. The van der Waals surface area contributed by atoms with Crippen molar-refractivity contribution in [3.05, 3.63) is 84.8 Å². The SMILES string of the molecule is COc1ccc(C=NNC(=O)c2csc3c2CCCC3)cc1COc1cc(F)ccc1[N+](=O)[O-]. The molecule has 0 fully saturated rings. The van der Waals surface area contributed by atoms with Crippen LogP contribution in [0.3, 0.4) is 0 Å². The average molecular weight is 484 g/mol. The number of aryl methyl sites for hydroxylation is 1. The number of hydrogen-bond acceptors (Lipinski definition) is 7. The van der Waals surface area contributed by atoms with Gasteiger partial charge in [0, 0.05) is 28.0 Å². The summed E-state index contributed by atoms with van der Waals surface area (Å²) in [5.74, 6) is -0.579. The van der Waals surface area contributed by atoms with Gasteiger partial charge >= 0.3 is 5.69 Å². The Balaban J connectivity index is 1.46. The monoisotopic (exact) mass is 483 g/mol. The van der Waals surface area contributed by atoms with E-state index in [9.17, 15) is 19.3 Å². The molecule has 2 aromatic carbocycles. The molecular weight excluding hydrogens is 461 g/mol. The molecule has 4 rings (SSSR count). The zero-order chi connectivity index (χ0) is 24.1. The first-order valence-corrected chi connectivity index (χ1v) is 11.5. The van der Waals surface area contributed by atoms with Crippen molar-refractivity contribution in [1.29, 1.82) is 0 Å². The number of hydrogen-bond donors (Lipinski definition) is 1. The van der Waals surface area contributed by atoms with Crippen molar-refractivity contribution in [3.8, 4) is 11.5 Å². The zero-order valence-corrected chi connectivity index (χ0v) is 19.2. The van der Waals surface area contributed by atoms with Gasteiger partial charge in [0.05, 0.1) is 23.8 Å². The molecule has 10 heteroatoms. The second kappa shape index (κ2) is 10.4. The predicted octanol–water partition coefficient (Wildman–Crippen LogP) is 5.03. The fraction of sp³-hybridized carbons (Fsp3) is 0.250. The van der Waals surface area contributed by atoms with Gasteiger partial charge in [-0.15, -0.1) is 11.3 Å². The Kier molecular flexibility index (Phi) is 7.17. The third-order valence-electron chi connectivity index (χ3n) is 5.49. The Bertz CT molecular complexity index is 1260. The minimum absolute atomic E-state index is 0.0947. The Hall–Kier alpha value is -3.79. The molecule has 1 amide bonds. The lowest BCUT2D eigenvalue weighted by Gasteiger charge is -2.12.